The zero-order valence-corrected chi connectivity index (χ0v) is 16.6. The van der Waals surface area contributed by atoms with Crippen molar-refractivity contribution in [1.29, 1.82) is 0 Å². The van der Waals surface area contributed by atoms with Gasteiger partial charge in [0, 0.05) is 23.4 Å². The van der Waals surface area contributed by atoms with Crippen LogP contribution in [0, 0.1) is 11.8 Å². The highest BCUT2D eigenvalue weighted by Crippen LogP contribution is 2.41. The molecule has 2 aliphatic heterocycles. The molecule has 0 radical (unpaired) electrons. The minimum absolute atomic E-state index is 0.0200. The van der Waals surface area contributed by atoms with Crippen LogP contribution in [0.3, 0.4) is 0 Å². The average Bonchev–Trinajstić information content (AvgIpc) is 3.31. The van der Waals surface area contributed by atoms with E-state index in [1.54, 1.807) is 6.20 Å². The van der Waals surface area contributed by atoms with Crippen LogP contribution in [-0.2, 0) is 0 Å². The third-order valence-electron chi connectivity index (χ3n) is 6.37. The summed E-state index contributed by atoms with van der Waals surface area (Å²) in [5, 5.41) is 12.5. The summed E-state index contributed by atoms with van der Waals surface area (Å²) in [6.45, 7) is 0.513. The monoisotopic (exact) mass is 405 g/mol. The summed E-state index contributed by atoms with van der Waals surface area (Å²) < 4.78 is 0.0200. The number of rotatable bonds is 4. The standard InChI is InChI=1S/C22H24N6O2/c23-28-10-9-24-13-19(28)20(15-7-5-14(6-8-15)12-25-22(29)30)27-21(28)18-11-16-3-1-2-4-17(16)26-18/h1-4,9-11,13-15,25H,5-8,12,23H2,(H-,24,26,27,29,30)/p+1. The number of nitrogens with two attached hydrogens (primary N) is 1. The van der Waals surface area contributed by atoms with Crippen LogP contribution in [0.25, 0.3) is 10.9 Å². The number of amides is 1. The lowest BCUT2D eigenvalue weighted by Gasteiger charge is -2.29. The lowest BCUT2D eigenvalue weighted by Crippen LogP contribution is -2.53. The van der Waals surface area contributed by atoms with Crippen LogP contribution < -0.4 is 11.2 Å². The number of carbonyl (C=O) groups is 1. The Labute approximate surface area is 174 Å². The van der Waals surface area contributed by atoms with E-state index in [2.05, 4.69) is 27.4 Å². The molecule has 3 heterocycles. The van der Waals surface area contributed by atoms with E-state index in [-0.39, 0.29) is 4.59 Å². The Kier molecular flexibility index (Phi) is 4.52. The van der Waals surface area contributed by atoms with E-state index in [0.717, 1.165) is 59.5 Å². The molecule has 1 fully saturated rings. The molecule has 1 aromatic heterocycles. The number of H-pyrrole nitrogens is 1. The van der Waals surface area contributed by atoms with Crippen molar-refractivity contribution < 1.29 is 14.5 Å². The Morgan fingerprint density at radius 3 is 2.83 bits per heavy atom. The van der Waals surface area contributed by atoms with Crippen LogP contribution in [0.2, 0.25) is 0 Å². The maximum Gasteiger partial charge on any atom is 0.404 e. The van der Waals surface area contributed by atoms with Gasteiger partial charge in [0.25, 0.3) is 5.84 Å². The predicted octanol–water partition coefficient (Wildman–Crippen LogP) is 3.46. The van der Waals surface area contributed by atoms with Crippen molar-refractivity contribution in [1.82, 2.24) is 10.3 Å². The lowest BCUT2D eigenvalue weighted by atomic mass is 9.80. The Balaban J connectivity index is 1.44. The van der Waals surface area contributed by atoms with Gasteiger partial charge in [-0.1, -0.05) is 18.2 Å². The summed E-state index contributed by atoms with van der Waals surface area (Å²) >= 11 is 0. The van der Waals surface area contributed by atoms with Crippen molar-refractivity contribution in [2.45, 2.75) is 25.7 Å². The SMILES string of the molecule is N[N+]12C=CN=CC1=C(C1CCC(CNC(=O)O)CC1)N=C2c1cc2ccccc2[nH]1. The molecular formula is C22H25N6O2+. The summed E-state index contributed by atoms with van der Waals surface area (Å²) in [6.07, 6.45) is 8.33. The largest absolute Gasteiger partial charge is 0.465 e. The van der Waals surface area contributed by atoms with Gasteiger partial charge in [-0.3, -0.25) is 4.99 Å². The number of carboxylic acid groups (broad SMARTS) is 1. The fourth-order valence-corrected chi connectivity index (χ4v) is 4.75. The van der Waals surface area contributed by atoms with E-state index in [1.807, 2.05) is 30.6 Å². The molecule has 1 amide bonds. The molecule has 1 saturated carbocycles. The zero-order valence-electron chi connectivity index (χ0n) is 16.6. The minimum atomic E-state index is -0.958. The van der Waals surface area contributed by atoms with E-state index in [0.29, 0.717) is 18.4 Å². The zero-order chi connectivity index (χ0) is 20.7. The van der Waals surface area contributed by atoms with Gasteiger partial charge in [0.2, 0.25) is 5.70 Å². The second-order valence-corrected chi connectivity index (χ2v) is 8.23. The first-order valence-corrected chi connectivity index (χ1v) is 10.3. The first-order chi connectivity index (χ1) is 14.5. The number of hydrogen-bond donors (Lipinski definition) is 4. The van der Waals surface area contributed by atoms with Crippen LogP contribution in [0.15, 0.2) is 64.1 Å². The summed E-state index contributed by atoms with van der Waals surface area (Å²) in [7, 11) is 0. The second-order valence-electron chi connectivity index (χ2n) is 8.23. The van der Waals surface area contributed by atoms with Crippen LogP contribution in [-0.4, -0.2) is 39.4 Å². The maximum absolute atomic E-state index is 10.8. The first kappa shape index (κ1) is 18.8. The maximum atomic E-state index is 10.8. The van der Waals surface area contributed by atoms with Gasteiger partial charge in [-0.25, -0.2) is 4.79 Å². The topological polar surface area (TPSA) is 116 Å². The molecule has 3 aliphatic rings. The van der Waals surface area contributed by atoms with Gasteiger partial charge in [-0.05, 0) is 43.7 Å². The minimum Gasteiger partial charge on any atom is -0.465 e. The van der Waals surface area contributed by atoms with Gasteiger partial charge in [0.15, 0.2) is 0 Å². The third kappa shape index (κ3) is 3.14. The molecule has 1 aromatic carbocycles. The summed E-state index contributed by atoms with van der Waals surface area (Å²) in [4.78, 5) is 23.6. The summed E-state index contributed by atoms with van der Waals surface area (Å²) in [6, 6.07) is 10.2. The number of aliphatic imine (C=N–C) groups is 2. The quantitative estimate of drug-likeness (QED) is 0.461. The van der Waals surface area contributed by atoms with Gasteiger partial charge >= 0.3 is 6.09 Å². The highest BCUT2D eigenvalue weighted by molar-refractivity contribution is 6.02. The molecule has 0 bridgehead atoms. The molecule has 8 heteroatoms. The van der Waals surface area contributed by atoms with Crippen molar-refractivity contribution >= 4 is 29.0 Å². The average molecular weight is 405 g/mol. The number of aromatic nitrogens is 1. The van der Waals surface area contributed by atoms with E-state index in [1.165, 1.54) is 0 Å². The molecule has 5 rings (SSSR count). The van der Waals surface area contributed by atoms with Gasteiger partial charge in [-0.2, -0.15) is 10.8 Å². The Morgan fingerprint density at radius 2 is 2.07 bits per heavy atom. The third-order valence-corrected chi connectivity index (χ3v) is 6.37. The molecule has 2 aromatic rings. The summed E-state index contributed by atoms with van der Waals surface area (Å²) in [5.74, 6) is 8.28. The number of quaternary nitrogens is 1. The van der Waals surface area contributed by atoms with Gasteiger partial charge in [-0.15, -0.1) is 4.59 Å². The van der Waals surface area contributed by atoms with Crippen molar-refractivity contribution in [3.63, 3.8) is 0 Å². The Bertz CT molecular complexity index is 1090. The number of para-hydroxylation sites is 1. The Hall–Kier alpha value is -3.23. The van der Waals surface area contributed by atoms with E-state index >= 15 is 0 Å². The van der Waals surface area contributed by atoms with Crippen LogP contribution in [0.5, 0.6) is 0 Å². The number of allylic oxidation sites excluding steroid dienone is 2. The molecule has 154 valence electrons. The van der Waals surface area contributed by atoms with Crippen molar-refractivity contribution in [2.24, 2.45) is 27.7 Å². The fourth-order valence-electron chi connectivity index (χ4n) is 4.75. The fraction of sp³-hybridized carbons (Fsp3) is 0.318. The van der Waals surface area contributed by atoms with E-state index in [4.69, 9.17) is 15.9 Å². The van der Waals surface area contributed by atoms with Gasteiger partial charge in [0.05, 0.1) is 12.4 Å². The van der Waals surface area contributed by atoms with Crippen LogP contribution in [0.1, 0.15) is 31.4 Å². The molecule has 5 N–H and O–H groups in total. The number of nitrogens with zero attached hydrogens (tertiary/aromatic N) is 3. The number of nitrogens with one attached hydrogen (secondary N) is 2. The van der Waals surface area contributed by atoms with E-state index in [9.17, 15) is 4.79 Å². The number of amidine groups is 1. The Morgan fingerprint density at radius 1 is 1.27 bits per heavy atom. The normalized spacial score (nSPS) is 28.0. The van der Waals surface area contributed by atoms with Crippen molar-refractivity contribution in [3.8, 4) is 0 Å². The first-order valence-electron chi connectivity index (χ1n) is 10.3. The molecule has 30 heavy (non-hydrogen) atoms. The van der Waals surface area contributed by atoms with Crippen molar-refractivity contribution in [2.75, 3.05) is 6.54 Å². The number of aromatic amines is 1. The molecule has 8 nitrogen and oxygen atoms in total. The van der Waals surface area contributed by atoms with Crippen LogP contribution in [0.4, 0.5) is 4.79 Å². The summed E-state index contributed by atoms with van der Waals surface area (Å²) in [5.41, 5.74) is 3.88. The highest BCUT2D eigenvalue weighted by atomic mass is 16.4. The lowest BCUT2D eigenvalue weighted by molar-refractivity contribution is -0.750. The number of benzene rings is 1. The molecule has 1 atom stereocenters. The van der Waals surface area contributed by atoms with Gasteiger partial charge in [0.1, 0.15) is 17.6 Å². The number of hydrogen-bond acceptors (Lipinski definition) is 4. The van der Waals surface area contributed by atoms with Crippen molar-refractivity contribution in [3.05, 3.63) is 59.8 Å². The molecule has 0 spiro atoms. The van der Waals surface area contributed by atoms with E-state index < -0.39 is 6.09 Å². The molecule has 1 aliphatic carbocycles. The van der Waals surface area contributed by atoms with Crippen LogP contribution >= 0.6 is 0 Å². The molecule has 0 saturated heterocycles. The van der Waals surface area contributed by atoms with Gasteiger partial charge < -0.3 is 15.4 Å². The molecule has 1 unspecified atom stereocenters. The highest BCUT2D eigenvalue weighted by Gasteiger charge is 2.46. The number of fused-ring (bicyclic) bond motifs is 2. The smallest absolute Gasteiger partial charge is 0.404 e. The predicted molar refractivity (Wildman–Crippen MR) is 115 cm³/mol. The second kappa shape index (κ2) is 7.23. The molecular weight excluding hydrogens is 380 g/mol.